The molecule has 3 nitrogen and oxygen atoms in total. The highest BCUT2D eigenvalue weighted by Crippen LogP contribution is 2.35. The number of halogens is 4. The van der Waals surface area contributed by atoms with Crippen molar-refractivity contribution in [2.75, 3.05) is 0 Å². The third-order valence-corrected chi connectivity index (χ3v) is 5.06. The lowest BCUT2D eigenvalue weighted by Crippen LogP contribution is -1.98. The van der Waals surface area contributed by atoms with Crippen molar-refractivity contribution >= 4 is 62.1 Å². The molecule has 0 aliphatic carbocycles. The molecule has 0 aromatic heterocycles. The molecule has 0 heterocycles. The predicted molar refractivity (Wildman–Crippen MR) is 83.1 cm³/mol. The van der Waals surface area contributed by atoms with Crippen LogP contribution in [-0.4, -0.2) is 8.42 Å². The standard InChI is InChI=1S/C12H6Cl4NO2S/c13-7-1-3-10(15)12(5-7)20(18,19)17-8-2-4-9(14)11(16)6-8/h1-6H/q-1. The fourth-order valence-corrected chi connectivity index (χ4v) is 3.42. The summed E-state index contributed by atoms with van der Waals surface area (Å²) in [4.78, 5) is -0.169. The molecule has 2 rings (SSSR count). The van der Waals surface area contributed by atoms with Crippen LogP contribution in [0.2, 0.25) is 20.1 Å². The molecule has 0 bridgehead atoms. The Balaban J connectivity index is 2.40. The van der Waals surface area contributed by atoms with Crippen molar-refractivity contribution in [1.82, 2.24) is 0 Å². The van der Waals surface area contributed by atoms with Gasteiger partial charge in [0.1, 0.15) is 10.0 Å². The van der Waals surface area contributed by atoms with Crippen LogP contribution in [0.3, 0.4) is 0 Å². The third kappa shape index (κ3) is 3.51. The van der Waals surface area contributed by atoms with Crippen LogP contribution in [0.1, 0.15) is 0 Å². The quantitative estimate of drug-likeness (QED) is 0.697. The van der Waals surface area contributed by atoms with E-state index in [0.29, 0.717) is 5.02 Å². The third-order valence-electron chi connectivity index (χ3n) is 2.30. The minimum absolute atomic E-state index is 0.0400. The van der Waals surface area contributed by atoms with E-state index in [-0.39, 0.29) is 25.7 Å². The zero-order valence-corrected chi connectivity index (χ0v) is 13.5. The van der Waals surface area contributed by atoms with Crippen molar-refractivity contribution in [3.8, 4) is 0 Å². The predicted octanol–water partition coefficient (Wildman–Crippen LogP) is 5.69. The van der Waals surface area contributed by atoms with Gasteiger partial charge in [0.25, 0.3) is 0 Å². The van der Waals surface area contributed by atoms with Crippen LogP contribution in [0.25, 0.3) is 4.72 Å². The SMILES string of the molecule is O=S(=O)([N-]c1ccc(Cl)c(Cl)c1)c1cc(Cl)ccc1Cl. The summed E-state index contributed by atoms with van der Waals surface area (Å²) < 4.78 is 28.0. The van der Waals surface area contributed by atoms with Crippen LogP contribution < -0.4 is 0 Å². The summed E-state index contributed by atoms with van der Waals surface area (Å²) in [6.45, 7) is 0. The highest BCUT2D eigenvalue weighted by atomic mass is 35.5. The smallest absolute Gasteiger partial charge is 0.124 e. The lowest BCUT2D eigenvalue weighted by Gasteiger charge is -2.23. The van der Waals surface area contributed by atoms with Crippen molar-refractivity contribution in [1.29, 1.82) is 0 Å². The van der Waals surface area contributed by atoms with E-state index in [1.807, 2.05) is 0 Å². The average Bonchev–Trinajstić information content (AvgIpc) is 2.36. The summed E-state index contributed by atoms with van der Waals surface area (Å²) in [6.07, 6.45) is 0. The van der Waals surface area contributed by atoms with Crippen molar-refractivity contribution in [2.24, 2.45) is 0 Å². The lowest BCUT2D eigenvalue weighted by molar-refractivity contribution is 0.603. The van der Waals surface area contributed by atoms with Crippen LogP contribution in [0.4, 0.5) is 5.69 Å². The summed E-state index contributed by atoms with van der Waals surface area (Å²) in [5.74, 6) is 0. The number of rotatable bonds is 3. The van der Waals surface area contributed by atoms with Crippen LogP contribution >= 0.6 is 46.4 Å². The Morgan fingerprint density at radius 2 is 1.45 bits per heavy atom. The van der Waals surface area contributed by atoms with Gasteiger partial charge < -0.3 is 4.72 Å². The second-order valence-electron chi connectivity index (χ2n) is 3.74. The van der Waals surface area contributed by atoms with Gasteiger partial charge in [-0.15, -0.1) is 5.69 Å². The van der Waals surface area contributed by atoms with Crippen LogP contribution in [0.5, 0.6) is 0 Å². The highest BCUT2D eigenvalue weighted by Gasteiger charge is 2.11. The van der Waals surface area contributed by atoms with Crippen molar-refractivity contribution in [2.45, 2.75) is 4.90 Å². The van der Waals surface area contributed by atoms with Gasteiger partial charge >= 0.3 is 0 Å². The molecule has 0 N–H and O–H groups in total. The summed E-state index contributed by atoms with van der Waals surface area (Å²) in [6, 6.07) is 8.35. The molecule has 0 fully saturated rings. The summed E-state index contributed by atoms with van der Waals surface area (Å²) >= 11 is 23.2. The number of benzene rings is 2. The first kappa shape index (κ1) is 15.7. The van der Waals surface area contributed by atoms with Crippen LogP contribution in [0.15, 0.2) is 41.3 Å². The molecular weight excluding hydrogens is 364 g/mol. The highest BCUT2D eigenvalue weighted by molar-refractivity contribution is 7.94. The van der Waals surface area contributed by atoms with Gasteiger partial charge in [-0.1, -0.05) is 58.5 Å². The van der Waals surface area contributed by atoms with E-state index in [1.165, 1.54) is 36.4 Å². The Kier molecular flexibility index (Phi) is 4.72. The Labute approximate surface area is 136 Å². The van der Waals surface area contributed by atoms with Crippen molar-refractivity contribution in [3.05, 3.63) is 61.2 Å². The molecule has 0 radical (unpaired) electrons. The fraction of sp³-hybridized carbons (Fsp3) is 0. The molecule has 20 heavy (non-hydrogen) atoms. The number of sulfonamides is 1. The Hall–Kier alpha value is -0.650. The zero-order valence-electron chi connectivity index (χ0n) is 9.65. The zero-order chi connectivity index (χ0) is 14.9. The summed E-state index contributed by atoms with van der Waals surface area (Å²) in [7, 11) is -3.99. The Morgan fingerprint density at radius 1 is 0.800 bits per heavy atom. The maximum Gasteiger partial charge on any atom is 0.124 e. The van der Waals surface area contributed by atoms with Crippen molar-refractivity contribution in [3.63, 3.8) is 0 Å². The van der Waals surface area contributed by atoms with Crippen LogP contribution in [0, 0.1) is 0 Å². The minimum atomic E-state index is -3.99. The molecule has 106 valence electrons. The van der Waals surface area contributed by atoms with Gasteiger partial charge in [-0.05, 0) is 24.3 Å². The molecule has 2 aromatic rings. The molecule has 0 atom stereocenters. The van der Waals surface area contributed by atoms with E-state index in [2.05, 4.69) is 4.72 Å². The molecule has 0 spiro atoms. The first-order valence-corrected chi connectivity index (χ1v) is 8.13. The van der Waals surface area contributed by atoms with Gasteiger partial charge in [-0.2, -0.15) is 0 Å². The monoisotopic (exact) mass is 368 g/mol. The molecule has 8 heteroatoms. The van der Waals surface area contributed by atoms with Gasteiger partial charge in [0, 0.05) is 5.02 Å². The second-order valence-corrected chi connectivity index (χ2v) is 6.97. The summed E-state index contributed by atoms with van der Waals surface area (Å²) in [5.41, 5.74) is 0.149. The molecule has 0 unspecified atom stereocenters. The molecular formula is C12H6Cl4NO2S-. The Morgan fingerprint density at radius 3 is 2.10 bits per heavy atom. The largest absolute Gasteiger partial charge is 0.573 e. The first-order valence-electron chi connectivity index (χ1n) is 5.18. The van der Waals surface area contributed by atoms with E-state index in [0.717, 1.165) is 0 Å². The maximum absolute atomic E-state index is 12.2. The molecule has 0 saturated heterocycles. The van der Waals surface area contributed by atoms with E-state index < -0.39 is 10.0 Å². The first-order chi connectivity index (χ1) is 9.29. The number of hydrogen-bond acceptors (Lipinski definition) is 2. The maximum atomic E-state index is 12.2. The van der Waals surface area contributed by atoms with E-state index in [9.17, 15) is 8.42 Å². The number of nitrogens with zero attached hydrogens (tertiary/aromatic N) is 1. The van der Waals surface area contributed by atoms with E-state index in [1.54, 1.807) is 0 Å². The normalized spacial score (nSPS) is 11.4. The molecule has 0 saturated carbocycles. The van der Waals surface area contributed by atoms with E-state index >= 15 is 0 Å². The van der Waals surface area contributed by atoms with Gasteiger partial charge in [-0.3, -0.25) is 0 Å². The van der Waals surface area contributed by atoms with Crippen molar-refractivity contribution < 1.29 is 8.42 Å². The topological polar surface area (TPSA) is 48.2 Å². The minimum Gasteiger partial charge on any atom is -0.573 e. The Bertz CT molecular complexity index is 762. The van der Waals surface area contributed by atoms with E-state index in [4.69, 9.17) is 46.4 Å². The molecule has 2 aromatic carbocycles. The second kappa shape index (κ2) is 6.00. The van der Waals surface area contributed by atoms with Gasteiger partial charge in [0.05, 0.1) is 20.0 Å². The van der Waals surface area contributed by atoms with Crippen LogP contribution in [-0.2, 0) is 10.0 Å². The number of hydrogen-bond donors (Lipinski definition) is 0. The average molecular weight is 370 g/mol. The summed E-state index contributed by atoms with van der Waals surface area (Å²) in [5, 5.41) is 0.805. The van der Waals surface area contributed by atoms with Gasteiger partial charge in [-0.25, -0.2) is 8.42 Å². The molecule has 0 amide bonds. The fourth-order valence-electron chi connectivity index (χ4n) is 1.40. The van der Waals surface area contributed by atoms with Gasteiger partial charge in [0.2, 0.25) is 0 Å². The molecule has 0 aliphatic rings. The molecule has 0 aliphatic heterocycles. The van der Waals surface area contributed by atoms with Gasteiger partial charge in [0.15, 0.2) is 0 Å². The lowest BCUT2D eigenvalue weighted by atomic mass is 10.3.